The maximum atomic E-state index is 10.6. The molecule has 0 radical (unpaired) electrons. The predicted octanol–water partition coefficient (Wildman–Crippen LogP) is -4.95. The van der Waals surface area contributed by atoms with Gasteiger partial charge < -0.3 is 39.3 Å². The minimum absolute atomic E-state index is 0. The van der Waals surface area contributed by atoms with Crippen molar-refractivity contribution in [2.45, 2.75) is 18.3 Å². The van der Waals surface area contributed by atoms with Gasteiger partial charge in [0, 0.05) is 0 Å². The van der Waals surface area contributed by atoms with Crippen LogP contribution in [0.3, 0.4) is 0 Å². The minimum Gasteiger partial charge on any atom is -0.780 e. The van der Waals surface area contributed by atoms with Crippen molar-refractivity contribution in [3.8, 4) is 0 Å². The van der Waals surface area contributed by atoms with Crippen molar-refractivity contribution in [3.63, 3.8) is 0 Å². The summed E-state index contributed by atoms with van der Waals surface area (Å²) in [5.74, 6) is -1.93. The summed E-state index contributed by atoms with van der Waals surface area (Å²) in [5, 5.41) is 34.8. The molecule has 0 spiro atoms. The van der Waals surface area contributed by atoms with Gasteiger partial charge in [-0.25, -0.2) is 4.79 Å². The second kappa shape index (κ2) is 7.93. The predicted molar refractivity (Wildman–Crippen MR) is 44.6 cm³/mol. The Morgan fingerprint density at radius 3 is 2.06 bits per heavy atom. The van der Waals surface area contributed by atoms with E-state index in [2.05, 4.69) is 4.52 Å². The van der Waals surface area contributed by atoms with Gasteiger partial charge in [0.1, 0.15) is 20.0 Å². The zero-order valence-electron chi connectivity index (χ0n) is 7.92. The average molecular weight is 284 g/mol. The molecule has 0 unspecified atom stereocenters. The smallest absolute Gasteiger partial charge is 0.780 e. The van der Waals surface area contributed by atoms with E-state index >= 15 is 0 Å². The van der Waals surface area contributed by atoms with Gasteiger partial charge in [-0.2, -0.15) is 0 Å². The third-order valence-corrected chi connectivity index (χ3v) is 1.75. The number of hydrogen-bond donors (Lipinski definition) is 4. The van der Waals surface area contributed by atoms with Crippen LogP contribution >= 0.6 is 7.82 Å². The number of carbonyl (C=O) groups excluding carboxylic acids is 1. The molecule has 4 N–H and O–H groups in total. The fraction of sp³-hybridized carbons (Fsp3) is 0.800. The van der Waals surface area contributed by atoms with Gasteiger partial charge in [-0.1, -0.05) is 0 Å². The van der Waals surface area contributed by atoms with Gasteiger partial charge in [0.05, 0.1) is 6.61 Å². The van der Waals surface area contributed by atoms with Crippen molar-refractivity contribution in [1.82, 2.24) is 0 Å². The van der Waals surface area contributed by atoms with Gasteiger partial charge in [0.25, 0.3) is 0 Å². The monoisotopic (exact) mass is 284 g/mol. The van der Waals surface area contributed by atoms with Crippen molar-refractivity contribution in [2.24, 2.45) is 0 Å². The molecule has 0 aromatic heterocycles. The van der Waals surface area contributed by atoms with Gasteiger partial charge in [0.15, 0.2) is 6.10 Å². The van der Waals surface area contributed by atoms with Crippen LogP contribution in [0.1, 0.15) is 0 Å². The summed E-state index contributed by atoms with van der Waals surface area (Å²) in [7, 11) is -5.62. The van der Waals surface area contributed by atoms with Crippen molar-refractivity contribution in [2.75, 3.05) is 6.61 Å². The molecule has 0 aliphatic rings. The van der Waals surface area contributed by atoms with Crippen molar-refractivity contribution in [3.05, 3.63) is 0 Å². The van der Waals surface area contributed by atoms with Crippen molar-refractivity contribution >= 4 is 51.5 Å². The molecule has 0 aliphatic carbocycles. The Morgan fingerprint density at radius 1 is 1.31 bits per heavy atom. The van der Waals surface area contributed by atoms with E-state index in [9.17, 15) is 19.1 Å². The Hall–Kier alpha value is 0.720. The maximum Gasteiger partial charge on any atom is 2.00 e. The van der Waals surface area contributed by atoms with Crippen LogP contribution in [0.15, 0.2) is 0 Å². The second-order valence-electron chi connectivity index (χ2n) is 2.54. The van der Waals surface area contributed by atoms with E-state index in [1.165, 1.54) is 0 Å². The van der Waals surface area contributed by atoms with Gasteiger partial charge in [-0.3, -0.25) is 0 Å². The van der Waals surface area contributed by atoms with E-state index in [-0.39, 0.29) is 37.7 Å². The first kappa shape index (κ1) is 19.1. The third kappa shape index (κ3) is 7.13. The fourth-order valence-corrected chi connectivity index (χ4v) is 0.950. The molecule has 0 heterocycles. The molecular formula is C5H9CaO9P. The number of aliphatic hydroxyl groups is 4. The summed E-state index contributed by atoms with van der Waals surface area (Å²) in [4.78, 5) is 30.5. The topological polar surface area (TPSA) is 170 Å². The van der Waals surface area contributed by atoms with Crippen LogP contribution in [0.25, 0.3) is 0 Å². The molecule has 0 bridgehead atoms. The normalized spacial score (nSPS) is 16.9. The largest absolute Gasteiger partial charge is 2.00 e. The summed E-state index contributed by atoms with van der Waals surface area (Å²) in [6.07, 6.45) is -6.47. The minimum atomic E-state index is -5.62. The van der Waals surface area contributed by atoms with Gasteiger partial charge in [-0.05, 0) is 0 Å². The Bertz CT molecular complexity index is 265. The number of rotatable bonds is 5. The van der Waals surface area contributed by atoms with E-state index in [0.717, 1.165) is 0 Å². The van der Waals surface area contributed by atoms with Crippen LogP contribution in [0, 0.1) is 0 Å². The molecule has 0 fully saturated rings. The molecule has 0 aromatic rings. The number of carbonyl (C=O) groups is 1. The fourth-order valence-electron chi connectivity index (χ4n) is 0.622. The van der Waals surface area contributed by atoms with E-state index in [4.69, 9.17) is 20.4 Å². The van der Waals surface area contributed by atoms with E-state index in [1.54, 1.807) is 0 Å². The number of aliphatic hydroxyl groups excluding tert-OH is 4. The molecule has 0 saturated heterocycles. The summed E-state index contributed by atoms with van der Waals surface area (Å²) in [6.45, 7) is -0.974. The van der Waals surface area contributed by atoms with Crippen LogP contribution < -0.4 is 9.79 Å². The molecule has 0 rings (SSSR count). The Balaban J connectivity index is 0. The molecule has 0 aromatic carbocycles. The molecule has 16 heavy (non-hydrogen) atoms. The van der Waals surface area contributed by atoms with Crippen LogP contribution in [0.5, 0.6) is 0 Å². The Labute approximate surface area is 120 Å². The second-order valence-corrected chi connectivity index (χ2v) is 3.62. The SMILES string of the molecule is O=C(OP(=O)([O-])[O-])[C@@H](O)[C@H](O)[C@H](O)CO.[Ca+2]. The zero-order valence-corrected chi connectivity index (χ0v) is 11.0. The van der Waals surface area contributed by atoms with Gasteiger partial charge in [-0.15, -0.1) is 0 Å². The first-order valence-electron chi connectivity index (χ1n) is 3.59. The summed E-state index contributed by atoms with van der Waals surface area (Å²) in [5.41, 5.74) is 0. The first-order chi connectivity index (χ1) is 6.69. The molecule has 0 saturated carbocycles. The van der Waals surface area contributed by atoms with Gasteiger partial charge >= 0.3 is 43.7 Å². The van der Waals surface area contributed by atoms with E-state index in [1.807, 2.05) is 0 Å². The van der Waals surface area contributed by atoms with Crippen molar-refractivity contribution in [1.29, 1.82) is 0 Å². The van der Waals surface area contributed by atoms with Crippen LogP contribution in [0.2, 0.25) is 0 Å². The Morgan fingerprint density at radius 2 is 1.75 bits per heavy atom. The summed E-state index contributed by atoms with van der Waals surface area (Å²) < 4.78 is 13.2. The summed E-state index contributed by atoms with van der Waals surface area (Å²) in [6, 6.07) is 0. The molecule has 3 atom stereocenters. The van der Waals surface area contributed by atoms with E-state index < -0.39 is 38.7 Å². The third-order valence-electron chi connectivity index (χ3n) is 1.35. The van der Waals surface area contributed by atoms with Crippen LogP contribution in [0.4, 0.5) is 0 Å². The molecule has 0 amide bonds. The molecule has 9 nitrogen and oxygen atoms in total. The number of hydrogen-bond acceptors (Lipinski definition) is 9. The average Bonchev–Trinajstić information content (AvgIpc) is 2.11. The molecular weight excluding hydrogens is 275 g/mol. The van der Waals surface area contributed by atoms with Crippen LogP contribution in [-0.4, -0.2) is 89.1 Å². The maximum absolute atomic E-state index is 10.6. The van der Waals surface area contributed by atoms with E-state index in [0.29, 0.717) is 0 Å². The zero-order chi connectivity index (χ0) is 12.2. The Kier molecular flexibility index (Phi) is 9.46. The van der Waals surface area contributed by atoms with Gasteiger partial charge in [0.2, 0.25) is 0 Å². The standard InChI is InChI=1S/C5H11O9P.Ca/c6-1-2(7)3(8)4(9)5(10)14-15(11,12)13;/h2-4,6-9H,1H2,(H2,11,12,13);/q;+2/p-2/t2-,3-,4+;/m1./s1. The number of phosphoric ester groups is 1. The summed E-state index contributed by atoms with van der Waals surface area (Å²) >= 11 is 0. The first-order valence-corrected chi connectivity index (χ1v) is 5.05. The van der Waals surface area contributed by atoms with Crippen LogP contribution in [-0.2, 0) is 13.9 Å². The quantitative estimate of drug-likeness (QED) is 0.285. The van der Waals surface area contributed by atoms with Crippen molar-refractivity contribution < 1.29 is 44.1 Å². The molecule has 0 aliphatic heterocycles. The number of phosphoric acid groups is 1. The molecule has 11 heteroatoms. The molecule has 90 valence electrons.